The SMILES string of the molecule is O=C(c1cccnc1)N1CCN(c2ccc(-c3cccs3)nn2)CC1. The number of thiophene rings is 1. The van der Waals surface area contributed by atoms with Gasteiger partial charge in [0.1, 0.15) is 5.69 Å². The van der Waals surface area contributed by atoms with Gasteiger partial charge in [0, 0.05) is 38.6 Å². The molecule has 1 aliphatic heterocycles. The summed E-state index contributed by atoms with van der Waals surface area (Å²) in [7, 11) is 0. The normalized spacial score (nSPS) is 14.6. The summed E-state index contributed by atoms with van der Waals surface area (Å²) in [4.78, 5) is 21.6. The van der Waals surface area contributed by atoms with Gasteiger partial charge in [-0.2, -0.15) is 0 Å². The highest BCUT2D eigenvalue weighted by Gasteiger charge is 2.23. The summed E-state index contributed by atoms with van der Waals surface area (Å²) in [5.74, 6) is 0.890. The van der Waals surface area contributed by atoms with Crippen LogP contribution in [0, 0.1) is 0 Å². The third kappa shape index (κ3) is 3.36. The number of rotatable bonds is 3. The molecule has 0 radical (unpaired) electrons. The molecule has 1 amide bonds. The minimum atomic E-state index is 0.0341. The van der Waals surface area contributed by atoms with E-state index in [9.17, 15) is 4.79 Å². The molecule has 126 valence electrons. The fourth-order valence-electron chi connectivity index (χ4n) is 2.86. The van der Waals surface area contributed by atoms with Crippen molar-refractivity contribution in [3.63, 3.8) is 0 Å². The number of pyridine rings is 1. The second-order valence-electron chi connectivity index (χ2n) is 5.78. The maximum Gasteiger partial charge on any atom is 0.255 e. The van der Waals surface area contributed by atoms with Gasteiger partial charge in [-0.15, -0.1) is 21.5 Å². The van der Waals surface area contributed by atoms with E-state index in [4.69, 9.17) is 0 Å². The number of hydrogen-bond donors (Lipinski definition) is 0. The molecule has 6 nitrogen and oxygen atoms in total. The zero-order valence-electron chi connectivity index (χ0n) is 13.6. The zero-order valence-corrected chi connectivity index (χ0v) is 14.4. The predicted molar refractivity (Wildman–Crippen MR) is 97.7 cm³/mol. The van der Waals surface area contributed by atoms with Crippen molar-refractivity contribution < 1.29 is 4.79 Å². The lowest BCUT2D eigenvalue weighted by molar-refractivity contribution is 0.0746. The quantitative estimate of drug-likeness (QED) is 0.726. The molecule has 3 aromatic rings. The lowest BCUT2D eigenvalue weighted by Crippen LogP contribution is -2.49. The van der Waals surface area contributed by atoms with E-state index in [0.717, 1.165) is 29.5 Å². The third-order valence-electron chi connectivity index (χ3n) is 4.22. The molecule has 4 rings (SSSR count). The first-order valence-corrected chi connectivity index (χ1v) is 9.01. The van der Waals surface area contributed by atoms with E-state index in [1.54, 1.807) is 35.9 Å². The van der Waals surface area contributed by atoms with Crippen LogP contribution in [-0.4, -0.2) is 52.2 Å². The molecule has 1 fully saturated rings. The van der Waals surface area contributed by atoms with Crippen molar-refractivity contribution in [1.29, 1.82) is 0 Å². The topological polar surface area (TPSA) is 62.2 Å². The first-order valence-electron chi connectivity index (χ1n) is 8.13. The summed E-state index contributed by atoms with van der Waals surface area (Å²) in [6.45, 7) is 2.84. The van der Waals surface area contributed by atoms with E-state index in [1.165, 1.54) is 0 Å². The second kappa shape index (κ2) is 6.98. The fraction of sp³-hybridized carbons (Fsp3) is 0.222. The third-order valence-corrected chi connectivity index (χ3v) is 5.12. The van der Waals surface area contributed by atoms with E-state index < -0.39 is 0 Å². The Balaban J connectivity index is 1.39. The molecule has 1 saturated heterocycles. The Morgan fingerprint density at radius 3 is 2.52 bits per heavy atom. The van der Waals surface area contributed by atoms with Crippen LogP contribution >= 0.6 is 11.3 Å². The van der Waals surface area contributed by atoms with Crippen LogP contribution in [-0.2, 0) is 0 Å². The number of anilines is 1. The smallest absolute Gasteiger partial charge is 0.255 e. The van der Waals surface area contributed by atoms with Gasteiger partial charge in [-0.3, -0.25) is 9.78 Å². The molecule has 0 bridgehead atoms. The van der Waals surface area contributed by atoms with Gasteiger partial charge in [0.05, 0.1) is 10.4 Å². The second-order valence-corrected chi connectivity index (χ2v) is 6.72. The fourth-order valence-corrected chi connectivity index (χ4v) is 3.55. The molecule has 3 aromatic heterocycles. The maximum absolute atomic E-state index is 12.5. The zero-order chi connectivity index (χ0) is 17.1. The van der Waals surface area contributed by atoms with Crippen LogP contribution < -0.4 is 4.90 Å². The maximum atomic E-state index is 12.5. The summed E-state index contributed by atoms with van der Waals surface area (Å²) in [5.41, 5.74) is 1.53. The van der Waals surface area contributed by atoms with Crippen molar-refractivity contribution >= 4 is 23.1 Å². The van der Waals surface area contributed by atoms with Crippen LogP contribution in [0.15, 0.2) is 54.2 Å². The van der Waals surface area contributed by atoms with E-state index >= 15 is 0 Å². The lowest BCUT2D eigenvalue weighted by Gasteiger charge is -2.35. The number of carbonyl (C=O) groups is 1. The highest BCUT2D eigenvalue weighted by molar-refractivity contribution is 7.13. The van der Waals surface area contributed by atoms with E-state index in [2.05, 4.69) is 20.1 Å². The summed E-state index contributed by atoms with van der Waals surface area (Å²) < 4.78 is 0. The van der Waals surface area contributed by atoms with Crippen molar-refractivity contribution in [3.05, 3.63) is 59.7 Å². The van der Waals surface area contributed by atoms with Gasteiger partial charge in [-0.05, 0) is 35.7 Å². The molecule has 25 heavy (non-hydrogen) atoms. The van der Waals surface area contributed by atoms with Crippen LogP contribution in [0.2, 0.25) is 0 Å². The molecule has 0 N–H and O–H groups in total. The molecule has 0 spiro atoms. The average molecular weight is 351 g/mol. The van der Waals surface area contributed by atoms with Gasteiger partial charge in [-0.25, -0.2) is 0 Å². The molecule has 0 saturated carbocycles. The molecule has 0 unspecified atom stereocenters. The summed E-state index contributed by atoms with van der Waals surface area (Å²) in [5, 5.41) is 10.7. The van der Waals surface area contributed by atoms with E-state index in [0.29, 0.717) is 18.7 Å². The Labute approximate surface area is 149 Å². The number of aromatic nitrogens is 3. The number of piperazine rings is 1. The summed E-state index contributed by atoms with van der Waals surface area (Å²) >= 11 is 1.65. The number of carbonyl (C=O) groups excluding carboxylic acids is 1. The summed E-state index contributed by atoms with van der Waals surface area (Å²) in [6, 6.07) is 11.6. The molecule has 0 atom stereocenters. The Hall–Kier alpha value is -2.80. The molecule has 7 heteroatoms. The van der Waals surface area contributed by atoms with Gasteiger partial charge in [-0.1, -0.05) is 6.07 Å². The molecular weight excluding hydrogens is 334 g/mol. The van der Waals surface area contributed by atoms with Crippen molar-refractivity contribution in [2.24, 2.45) is 0 Å². The van der Waals surface area contributed by atoms with E-state index in [1.807, 2.05) is 34.5 Å². The Bertz CT molecular complexity index is 828. The largest absolute Gasteiger partial charge is 0.352 e. The molecule has 0 aliphatic carbocycles. The van der Waals surface area contributed by atoms with Gasteiger partial charge < -0.3 is 9.80 Å². The van der Waals surface area contributed by atoms with Crippen molar-refractivity contribution in [3.8, 4) is 10.6 Å². The standard InChI is InChI=1S/C18H17N5OS/c24-18(14-3-1-7-19-13-14)23-10-8-22(9-11-23)17-6-5-15(20-21-17)16-4-2-12-25-16/h1-7,12-13H,8-11H2. The van der Waals surface area contributed by atoms with Gasteiger partial charge in [0.25, 0.3) is 5.91 Å². The van der Waals surface area contributed by atoms with Crippen LogP contribution in [0.4, 0.5) is 5.82 Å². The first-order chi connectivity index (χ1) is 12.3. The molecule has 4 heterocycles. The number of hydrogen-bond acceptors (Lipinski definition) is 6. The molecule has 1 aliphatic rings. The Morgan fingerprint density at radius 1 is 1.00 bits per heavy atom. The number of amides is 1. The van der Waals surface area contributed by atoms with E-state index in [-0.39, 0.29) is 5.91 Å². The van der Waals surface area contributed by atoms with Gasteiger partial charge in [0.2, 0.25) is 0 Å². The Kier molecular flexibility index (Phi) is 4.39. The van der Waals surface area contributed by atoms with Crippen molar-refractivity contribution in [1.82, 2.24) is 20.1 Å². The monoisotopic (exact) mass is 351 g/mol. The van der Waals surface area contributed by atoms with Gasteiger partial charge >= 0.3 is 0 Å². The van der Waals surface area contributed by atoms with Crippen LogP contribution in [0.1, 0.15) is 10.4 Å². The van der Waals surface area contributed by atoms with Crippen LogP contribution in [0.25, 0.3) is 10.6 Å². The first kappa shape index (κ1) is 15.7. The average Bonchev–Trinajstić information content (AvgIpc) is 3.23. The van der Waals surface area contributed by atoms with Gasteiger partial charge in [0.15, 0.2) is 5.82 Å². The van der Waals surface area contributed by atoms with Crippen molar-refractivity contribution in [2.45, 2.75) is 0 Å². The van der Waals surface area contributed by atoms with Crippen molar-refractivity contribution in [2.75, 3.05) is 31.1 Å². The predicted octanol–water partition coefficient (Wildman–Crippen LogP) is 2.56. The highest BCUT2D eigenvalue weighted by atomic mass is 32.1. The molecular formula is C18H17N5OS. The van der Waals surface area contributed by atoms with Crippen LogP contribution in [0.3, 0.4) is 0 Å². The Morgan fingerprint density at radius 2 is 1.88 bits per heavy atom. The van der Waals surface area contributed by atoms with Crippen LogP contribution in [0.5, 0.6) is 0 Å². The molecule has 0 aromatic carbocycles. The minimum Gasteiger partial charge on any atom is -0.352 e. The summed E-state index contributed by atoms with van der Waals surface area (Å²) in [6.07, 6.45) is 3.29. The minimum absolute atomic E-state index is 0.0341. The number of nitrogens with zero attached hydrogens (tertiary/aromatic N) is 5. The highest BCUT2D eigenvalue weighted by Crippen LogP contribution is 2.23. The lowest BCUT2D eigenvalue weighted by atomic mass is 10.2.